The second kappa shape index (κ2) is 6.07. The van der Waals surface area contributed by atoms with Crippen LogP contribution in [-0.2, 0) is 16.6 Å². The molecule has 0 radical (unpaired) electrons. The third-order valence-electron chi connectivity index (χ3n) is 5.28. The minimum Gasteiger partial charge on any atom is -0.312 e. The topological polar surface area (TPSA) is 72.3 Å². The molecule has 25 heavy (non-hydrogen) atoms. The molecule has 4 rings (SSSR count). The van der Waals surface area contributed by atoms with Gasteiger partial charge in [-0.15, -0.1) is 0 Å². The fraction of sp³-hybridized carbons (Fsp3) is 0.444. The van der Waals surface area contributed by atoms with Crippen LogP contribution in [-0.4, -0.2) is 41.1 Å². The number of fused-ring (bicyclic) bond motifs is 4. The molecular weight excluding hydrogens is 338 g/mol. The highest BCUT2D eigenvalue weighted by Gasteiger charge is 2.38. The predicted molar refractivity (Wildman–Crippen MR) is 95.8 cm³/mol. The van der Waals surface area contributed by atoms with Crippen molar-refractivity contribution in [1.82, 2.24) is 13.9 Å². The van der Waals surface area contributed by atoms with Crippen molar-refractivity contribution >= 4 is 10.0 Å². The zero-order valence-electron chi connectivity index (χ0n) is 14.1. The van der Waals surface area contributed by atoms with Crippen LogP contribution in [0, 0.1) is 5.92 Å². The summed E-state index contributed by atoms with van der Waals surface area (Å²) in [5, 5.41) is 0. The Morgan fingerprint density at radius 2 is 2.04 bits per heavy atom. The number of sulfonamides is 1. The molecule has 0 saturated carbocycles. The van der Waals surface area contributed by atoms with Crippen LogP contribution in [0.2, 0.25) is 0 Å². The van der Waals surface area contributed by atoms with Gasteiger partial charge < -0.3 is 4.57 Å². The molecule has 7 heteroatoms. The lowest BCUT2D eigenvalue weighted by atomic mass is 9.83. The molecule has 4 heterocycles. The van der Waals surface area contributed by atoms with Crippen LogP contribution in [0.15, 0.2) is 41.5 Å². The van der Waals surface area contributed by atoms with Crippen molar-refractivity contribution in [3.63, 3.8) is 0 Å². The molecule has 1 fully saturated rings. The SMILES string of the molecule is CCS(=O)(=O)N1C[C@@H]2C[C@H](C1)c1cc(-c3cccnc3)cc(=O)n1C2. The lowest BCUT2D eigenvalue weighted by Crippen LogP contribution is -2.49. The Hall–Kier alpha value is -1.99. The number of pyridine rings is 2. The summed E-state index contributed by atoms with van der Waals surface area (Å²) in [7, 11) is -3.20. The predicted octanol–water partition coefficient (Wildman–Crippen LogP) is 1.68. The van der Waals surface area contributed by atoms with Gasteiger partial charge >= 0.3 is 0 Å². The Labute approximate surface area is 147 Å². The monoisotopic (exact) mass is 359 g/mol. The molecule has 2 aromatic rings. The number of hydrogen-bond donors (Lipinski definition) is 0. The molecule has 2 bridgehead atoms. The normalized spacial score (nSPS) is 23.2. The number of aromatic nitrogens is 2. The van der Waals surface area contributed by atoms with Gasteiger partial charge in [0.2, 0.25) is 10.0 Å². The largest absolute Gasteiger partial charge is 0.312 e. The highest BCUT2D eigenvalue weighted by atomic mass is 32.2. The molecule has 2 aromatic heterocycles. The first-order chi connectivity index (χ1) is 12.0. The van der Waals surface area contributed by atoms with Crippen LogP contribution < -0.4 is 5.56 Å². The summed E-state index contributed by atoms with van der Waals surface area (Å²) in [5.74, 6) is 0.391. The van der Waals surface area contributed by atoms with E-state index >= 15 is 0 Å². The first kappa shape index (κ1) is 16.5. The van der Waals surface area contributed by atoms with Crippen LogP contribution in [0.25, 0.3) is 11.1 Å². The maximum Gasteiger partial charge on any atom is 0.251 e. The first-order valence-electron chi connectivity index (χ1n) is 8.61. The summed E-state index contributed by atoms with van der Waals surface area (Å²) >= 11 is 0. The molecular formula is C18H21N3O3S. The van der Waals surface area contributed by atoms with E-state index in [1.807, 2.05) is 22.8 Å². The van der Waals surface area contributed by atoms with Gasteiger partial charge in [-0.2, -0.15) is 0 Å². The number of hydrogen-bond acceptors (Lipinski definition) is 4. The molecule has 2 atom stereocenters. The van der Waals surface area contributed by atoms with Crippen LogP contribution in [0.5, 0.6) is 0 Å². The van der Waals surface area contributed by atoms with Crippen LogP contribution >= 0.6 is 0 Å². The molecule has 2 aliphatic heterocycles. The van der Waals surface area contributed by atoms with Crippen LogP contribution in [0.1, 0.15) is 25.0 Å². The number of rotatable bonds is 3. The van der Waals surface area contributed by atoms with Gasteiger partial charge in [-0.1, -0.05) is 6.07 Å². The van der Waals surface area contributed by atoms with Crippen molar-refractivity contribution < 1.29 is 8.42 Å². The number of piperidine rings is 1. The van der Waals surface area contributed by atoms with Gasteiger partial charge in [0.15, 0.2) is 0 Å². The van der Waals surface area contributed by atoms with Crippen molar-refractivity contribution in [1.29, 1.82) is 0 Å². The van der Waals surface area contributed by atoms with Crippen molar-refractivity contribution in [2.45, 2.75) is 25.8 Å². The molecule has 6 nitrogen and oxygen atoms in total. The van der Waals surface area contributed by atoms with E-state index in [0.717, 1.165) is 23.2 Å². The van der Waals surface area contributed by atoms with Crippen LogP contribution in [0.3, 0.4) is 0 Å². The minimum absolute atomic E-state index is 0.0159. The molecule has 0 amide bonds. The van der Waals surface area contributed by atoms with Gasteiger partial charge in [-0.25, -0.2) is 12.7 Å². The highest BCUT2D eigenvalue weighted by Crippen LogP contribution is 2.37. The van der Waals surface area contributed by atoms with E-state index in [0.29, 0.717) is 19.6 Å². The summed E-state index contributed by atoms with van der Waals surface area (Å²) in [4.78, 5) is 16.8. The van der Waals surface area contributed by atoms with Gasteiger partial charge in [0.05, 0.1) is 5.75 Å². The molecule has 1 saturated heterocycles. The Morgan fingerprint density at radius 3 is 2.76 bits per heavy atom. The first-order valence-corrected chi connectivity index (χ1v) is 10.2. The van der Waals surface area contributed by atoms with Crippen LogP contribution in [0.4, 0.5) is 0 Å². The maximum atomic E-state index is 12.6. The van der Waals surface area contributed by atoms with E-state index in [1.54, 1.807) is 29.7 Å². The lowest BCUT2D eigenvalue weighted by molar-refractivity contribution is 0.186. The zero-order chi connectivity index (χ0) is 17.6. The summed E-state index contributed by atoms with van der Waals surface area (Å²) < 4.78 is 28.0. The molecule has 0 unspecified atom stereocenters. The molecule has 0 spiro atoms. The molecule has 0 aromatic carbocycles. The van der Waals surface area contributed by atoms with Gasteiger partial charge in [-0.05, 0) is 37.0 Å². The number of nitrogens with zero attached hydrogens (tertiary/aromatic N) is 3. The maximum absolute atomic E-state index is 12.6. The highest BCUT2D eigenvalue weighted by molar-refractivity contribution is 7.89. The minimum atomic E-state index is -3.20. The quantitative estimate of drug-likeness (QED) is 0.836. The Balaban J connectivity index is 1.77. The standard InChI is InChI=1S/C18H21N3O3S/c1-2-25(23,24)20-10-13-6-16(12-20)17-7-15(8-18(22)21(17)11-13)14-4-3-5-19-9-14/h3-5,7-9,13,16H,2,6,10-12H2,1H3/t13-,16+/m0/s1. The third-order valence-corrected chi connectivity index (χ3v) is 7.09. The third kappa shape index (κ3) is 2.91. The Kier molecular flexibility index (Phi) is 4.00. The fourth-order valence-corrected chi connectivity index (χ4v) is 5.24. The average molecular weight is 359 g/mol. The summed E-state index contributed by atoms with van der Waals surface area (Å²) in [5.41, 5.74) is 2.67. The zero-order valence-corrected chi connectivity index (χ0v) is 14.9. The summed E-state index contributed by atoms with van der Waals surface area (Å²) in [6.07, 6.45) is 4.38. The Bertz CT molecular complexity index is 953. The second-order valence-corrected chi connectivity index (χ2v) is 9.13. The molecule has 2 aliphatic rings. The molecule has 0 N–H and O–H groups in total. The van der Waals surface area contributed by atoms with Gasteiger partial charge in [0, 0.05) is 55.3 Å². The smallest absolute Gasteiger partial charge is 0.251 e. The molecule has 0 aliphatic carbocycles. The second-order valence-electron chi connectivity index (χ2n) is 6.88. The van der Waals surface area contributed by atoms with Crippen molar-refractivity contribution in [2.24, 2.45) is 5.92 Å². The van der Waals surface area contributed by atoms with E-state index in [2.05, 4.69) is 4.98 Å². The summed E-state index contributed by atoms with van der Waals surface area (Å²) in [6, 6.07) is 7.46. The van der Waals surface area contributed by atoms with Gasteiger partial charge in [0.1, 0.15) is 0 Å². The summed E-state index contributed by atoms with van der Waals surface area (Å²) in [6.45, 7) is 3.25. The van der Waals surface area contributed by atoms with Gasteiger partial charge in [-0.3, -0.25) is 9.78 Å². The van der Waals surface area contributed by atoms with E-state index < -0.39 is 10.0 Å². The van der Waals surface area contributed by atoms with E-state index in [4.69, 9.17) is 0 Å². The average Bonchev–Trinajstić information content (AvgIpc) is 2.63. The fourth-order valence-electron chi connectivity index (χ4n) is 4.03. The van der Waals surface area contributed by atoms with E-state index in [-0.39, 0.29) is 23.1 Å². The molecule has 132 valence electrons. The van der Waals surface area contributed by atoms with E-state index in [9.17, 15) is 13.2 Å². The van der Waals surface area contributed by atoms with E-state index in [1.165, 1.54) is 0 Å². The Morgan fingerprint density at radius 1 is 1.20 bits per heavy atom. The lowest BCUT2D eigenvalue weighted by Gasteiger charge is -2.42. The van der Waals surface area contributed by atoms with Gasteiger partial charge in [0.25, 0.3) is 5.56 Å². The van der Waals surface area contributed by atoms with Crippen molar-refractivity contribution in [3.05, 3.63) is 52.7 Å². The van der Waals surface area contributed by atoms with Crippen molar-refractivity contribution in [2.75, 3.05) is 18.8 Å². The van der Waals surface area contributed by atoms with Crippen molar-refractivity contribution in [3.8, 4) is 11.1 Å².